The largest absolute Gasteiger partial charge is 0.327 e. The van der Waals surface area contributed by atoms with Crippen molar-refractivity contribution >= 4 is 11.8 Å². The number of pyridine rings is 1. The normalized spacial score (nSPS) is 12.7. The van der Waals surface area contributed by atoms with Crippen LogP contribution in [0.2, 0.25) is 0 Å². The summed E-state index contributed by atoms with van der Waals surface area (Å²) >= 11 is 1.94. The number of hydrogen-bond acceptors (Lipinski definition) is 3. The minimum Gasteiger partial charge on any atom is -0.327 e. The fourth-order valence-electron chi connectivity index (χ4n) is 1.09. The molecule has 3 heteroatoms. The van der Waals surface area contributed by atoms with Crippen LogP contribution in [-0.2, 0) is 6.42 Å². The van der Waals surface area contributed by atoms with Crippen LogP contribution >= 0.6 is 11.8 Å². The number of hydrogen-bond donors (Lipinski definition) is 1. The summed E-state index contributed by atoms with van der Waals surface area (Å²) in [6.07, 6.45) is 5.88. The minimum atomic E-state index is 0.359. The van der Waals surface area contributed by atoms with Crippen LogP contribution in [-0.4, -0.2) is 22.5 Å². The number of rotatable bonds is 6. The van der Waals surface area contributed by atoms with E-state index < -0.39 is 0 Å². The second kappa shape index (κ2) is 6.85. The Morgan fingerprint density at radius 3 is 2.79 bits per heavy atom. The van der Waals surface area contributed by atoms with Crippen LogP contribution < -0.4 is 5.73 Å². The van der Waals surface area contributed by atoms with Crippen molar-refractivity contribution in [3.63, 3.8) is 0 Å². The maximum absolute atomic E-state index is 5.82. The molecule has 0 aliphatic rings. The second-order valence-electron chi connectivity index (χ2n) is 3.35. The molecular formula is C11H18N2S. The van der Waals surface area contributed by atoms with E-state index in [1.54, 1.807) is 0 Å². The fraction of sp³-hybridized carbons (Fsp3) is 0.545. The van der Waals surface area contributed by atoms with Crippen molar-refractivity contribution in [2.75, 3.05) is 11.5 Å². The zero-order chi connectivity index (χ0) is 10.2. The third kappa shape index (κ3) is 4.63. The zero-order valence-electron chi connectivity index (χ0n) is 8.65. The minimum absolute atomic E-state index is 0.359. The van der Waals surface area contributed by atoms with Gasteiger partial charge in [0.25, 0.3) is 0 Å². The number of nitrogens with two attached hydrogens (primary N) is 1. The van der Waals surface area contributed by atoms with Crippen molar-refractivity contribution in [1.29, 1.82) is 0 Å². The first kappa shape index (κ1) is 11.5. The van der Waals surface area contributed by atoms with Gasteiger partial charge < -0.3 is 5.73 Å². The molecule has 0 saturated heterocycles. The van der Waals surface area contributed by atoms with Gasteiger partial charge in [-0.1, -0.05) is 6.92 Å². The topological polar surface area (TPSA) is 38.9 Å². The van der Waals surface area contributed by atoms with E-state index in [1.165, 1.54) is 5.56 Å². The first-order valence-corrected chi connectivity index (χ1v) is 6.20. The van der Waals surface area contributed by atoms with Gasteiger partial charge in [0.05, 0.1) is 0 Å². The van der Waals surface area contributed by atoms with E-state index >= 15 is 0 Å². The lowest BCUT2D eigenvalue weighted by Crippen LogP contribution is -2.21. The number of thioether (sulfide) groups is 1. The average molecular weight is 210 g/mol. The third-order valence-electron chi connectivity index (χ3n) is 2.14. The lowest BCUT2D eigenvalue weighted by Gasteiger charge is -2.07. The molecular weight excluding hydrogens is 192 g/mol. The van der Waals surface area contributed by atoms with Gasteiger partial charge in [0.1, 0.15) is 0 Å². The summed E-state index contributed by atoms with van der Waals surface area (Å²) in [5.41, 5.74) is 7.18. The van der Waals surface area contributed by atoms with Crippen LogP contribution in [0.3, 0.4) is 0 Å². The highest BCUT2D eigenvalue weighted by molar-refractivity contribution is 7.99. The number of aryl methyl sites for hydroxylation is 1. The predicted molar refractivity (Wildman–Crippen MR) is 63.5 cm³/mol. The summed E-state index contributed by atoms with van der Waals surface area (Å²) < 4.78 is 0. The number of nitrogens with zero attached hydrogens (tertiary/aromatic N) is 1. The summed E-state index contributed by atoms with van der Waals surface area (Å²) in [7, 11) is 0. The Morgan fingerprint density at radius 2 is 2.14 bits per heavy atom. The Bertz CT molecular complexity index is 238. The molecule has 0 aliphatic heterocycles. The van der Waals surface area contributed by atoms with Crippen molar-refractivity contribution in [2.45, 2.75) is 25.8 Å². The van der Waals surface area contributed by atoms with Crippen LogP contribution in [0.1, 0.15) is 18.9 Å². The highest BCUT2D eigenvalue weighted by atomic mass is 32.2. The summed E-state index contributed by atoms with van der Waals surface area (Å²) in [5, 5.41) is 0. The molecule has 78 valence electrons. The summed E-state index contributed by atoms with van der Waals surface area (Å²) in [5.74, 6) is 2.22. The van der Waals surface area contributed by atoms with E-state index in [9.17, 15) is 0 Å². The molecule has 0 aliphatic carbocycles. The molecule has 1 aromatic heterocycles. The average Bonchev–Trinajstić information content (AvgIpc) is 2.25. The Hall–Kier alpha value is -0.540. The Morgan fingerprint density at radius 1 is 1.43 bits per heavy atom. The highest BCUT2D eigenvalue weighted by Crippen LogP contribution is 2.07. The highest BCUT2D eigenvalue weighted by Gasteiger charge is 1.98. The maximum atomic E-state index is 5.82. The Balaban J connectivity index is 2.10. The first-order valence-electron chi connectivity index (χ1n) is 5.05. The van der Waals surface area contributed by atoms with Gasteiger partial charge in [-0.15, -0.1) is 0 Å². The van der Waals surface area contributed by atoms with Gasteiger partial charge in [-0.2, -0.15) is 11.8 Å². The molecule has 0 amide bonds. The molecule has 1 unspecified atom stereocenters. The molecule has 0 spiro atoms. The van der Waals surface area contributed by atoms with Gasteiger partial charge in [0.15, 0.2) is 0 Å². The van der Waals surface area contributed by atoms with Gasteiger partial charge in [-0.25, -0.2) is 0 Å². The molecule has 1 heterocycles. The predicted octanol–water partition coefficient (Wildman–Crippen LogP) is 2.09. The van der Waals surface area contributed by atoms with Crippen LogP contribution in [0.15, 0.2) is 24.5 Å². The molecule has 2 nitrogen and oxygen atoms in total. The standard InChI is InChI=1S/C11H18N2S/c1-2-11(12)9-14-8-5-10-3-6-13-7-4-10/h3-4,6-7,11H,2,5,8-9,12H2,1H3. The lowest BCUT2D eigenvalue weighted by atomic mass is 10.2. The Labute approximate surface area is 90.3 Å². The van der Waals surface area contributed by atoms with Crippen molar-refractivity contribution < 1.29 is 0 Å². The van der Waals surface area contributed by atoms with Crippen molar-refractivity contribution in [1.82, 2.24) is 4.98 Å². The van der Waals surface area contributed by atoms with Gasteiger partial charge >= 0.3 is 0 Å². The molecule has 0 fully saturated rings. The first-order chi connectivity index (χ1) is 6.83. The summed E-state index contributed by atoms with van der Waals surface area (Å²) in [6, 6.07) is 4.50. The van der Waals surface area contributed by atoms with Gasteiger partial charge in [0, 0.05) is 24.2 Å². The van der Waals surface area contributed by atoms with E-state index in [0.29, 0.717) is 6.04 Å². The van der Waals surface area contributed by atoms with E-state index in [4.69, 9.17) is 5.73 Å². The molecule has 0 saturated carbocycles. The van der Waals surface area contributed by atoms with Crippen LogP contribution in [0.25, 0.3) is 0 Å². The second-order valence-corrected chi connectivity index (χ2v) is 4.50. The molecule has 0 radical (unpaired) electrons. The Kier molecular flexibility index (Phi) is 5.64. The van der Waals surface area contributed by atoms with Gasteiger partial charge in [0.2, 0.25) is 0 Å². The molecule has 1 rings (SSSR count). The molecule has 14 heavy (non-hydrogen) atoms. The monoisotopic (exact) mass is 210 g/mol. The van der Waals surface area contributed by atoms with Gasteiger partial charge in [-0.05, 0) is 36.3 Å². The molecule has 0 bridgehead atoms. The smallest absolute Gasteiger partial charge is 0.0270 e. The van der Waals surface area contributed by atoms with Crippen molar-refractivity contribution in [3.8, 4) is 0 Å². The van der Waals surface area contributed by atoms with E-state index in [2.05, 4.69) is 24.0 Å². The zero-order valence-corrected chi connectivity index (χ0v) is 9.46. The van der Waals surface area contributed by atoms with Crippen molar-refractivity contribution in [3.05, 3.63) is 30.1 Å². The van der Waals surface area contributed by atoms with Gasteiger partial charge in [-0.3, -0.25) is 4.98 Å². The quantitative estimate of drug-likeness (QED) is 0.731. The van der Waals surface area contributed by atoms with E-state index in [0.717, 1.165) is 24.3 Å². The summed E-state index contributed by atoms with van der Waals surface area (Å²) in [6.45, 7) is 2.13. The van der Waals surface area contributed by atoms with Crippen LogP contribution in [0.4, 0.5) is 0 Å². The van der Waals surface area contributed by atoms with Crippen molar-refractivity contribution in [2.24, 2.45) is 5.73 Å². The molecule has 1 aromatic rings. The van der Waals surface area contributed by atoms with E-state index in [-0.39, 0.29) is 0 Å². The lowest BCUT2D eigenvalue weighted by molar-refractivity contribution is 0.724. The van der Waals surface area contributed by atoms with E-state index in [1.807, 2.05) is 24.2 Å². The third-order valence-corrected chi connectivity index (χ3v) is 3.30. The fourth-order valence-corrected chi connectivity index (χ4v) is 2.18. The molecule has 1 atom stereocenters. The van der Waals surface area contributed by atoms with Crippen LogP contribution in [0, 0.1) is 0 Å². The maximum Gasteiger partial charge on any atom is 0.0270 e. The molecule has 0 aromatic carbocycles. The molecule has 2 N–H and O–H groups in total. The van der Waals surface area contributed by atoms with Crippen LogP contribution in [0.5, 0.6) is 0 Å². The summed E-state index contributed by atoms with van der Waals surface area (Å²) in [4.78, 5) is 3.99. The SMILES string of the molecule is CCC(N)CSCCc1ccncc1. The number of aromatic nitrogens is 1.